The van der Waals surface area contributed by atoms with Gasteiger partial charge in [-0.2, -0.15) is 0 Å². The predicted octanol–water partition coefficient (Wildman–Crippen LogP) is 12.2. The number of hydrogen-bond donors (Lipinski definition) is 0. The second-order valence-electron chi connectivity index (χ2n) is 13.8. The molecule has 4 aromatic heterocycles. The Balaban J connectivity index is 0.000000302. The van der Waals surface area contributed by atoms with Crippen molar-refractivity contribution in [2.24, 2.45) is 0 Å². The topological polar surface area (TPSA) is 51.8 Å². The third-order valence-corrected chi connectivity index (χ3v) is 8.83. The van der Waals surface area contributed by atoms with Crippen LogP contribution in [0.15, 0.2) is 150 Å². The molecule has 0 aliphatic rings. The first-order valence-electron chi connectivity index (χ1n) is 17.2. The van der Waals surface area contributed by atoms with Crippen LogP contribution in [0.5, 0.6) is 0 Å². The summed E-state index contributed by atoms with van der Waals surface area (Å²) in [6, 6.07) is 50.1. The SMILES string of the molecule is Cc1ccnc(-c2[c-]ccc(-c3cc4cc(-c5ccnc(C)c5)oc4cc3-c3cccc(C(C)(C)C)c3)c2)c1.[Ir].[c-]1ccccc1-c1ccccn1. The van der Waals surface area contributed by atoms with Crippen LogP contribution in [0.4, 0.5) is 0 Å². The fourth-order valence-corrected chi connectivity index (χ4v) is 6.10. The van der Waals surface area contributed by atoms with Crippen molar-refractivity contribution in [3.63, 3.8) is 0 Å². The summed E-state index contributed by atoms with van der Waals surface area (Å²) in [7, 11) is 0. The van der Waals surface area contributed by atoms with Crippen LogP contribution in [0.1, 0.15) is 37.6 Å². The molecule has 0 amide bonds. The molecule has 0 bridgehead atoms. The van der Waals surface area contributed by atoms with Gasteiger partial charge in [0.1, 0.15) is 11.3 Å². The molecule has 52 heavy (non-hydrogen) atoms. The monoisotopic (exact) mass is 854 g/mol. The summed E-state index contributed by atoms with van der Waals surface area (Å²) < 4.78 is 6.42. The van der Waals surface area contributed by atoms with Crippen LogP contribution >= 0.6 is 0 Å². The van der Waals surface area contributed by atoms with Gasteiger partial charge >= 0.3 is 0 Å². The van der Waals surface area contributed by atoms with Crippen LogP contribution in [0.3, 0.4) is 0 Å². The van der Waals surface area contributed by atoms with E-state index >= 15 is 0 Å². The number of fused-ring (bicyclic) bond motifs is 1. The molecule has 0 spiro atoms. The molecule has 8 rings (SSSR count). The van der Waals surface area contributed by atoms with E-state index in [0.717, 1.165) is 67.2 Å². The van der Waals surface area contributed by atoms with Gasteiger partial charge in [0.2, 0.25) is 0 Å². The zero-order valence-corrected chi connectivity index (χ0v) is 32.3. The third kappa shape index (κ3) is 8.34. The van der Waals surface area contributed by atoms with Crippen LogP contribution in [-0.4, -0.2) is 15.0 Å². The van der Waals surface area contributed by atoms with Crippen molar-refractivity contribution in [3.05, 3.63) is 175 Å². The van der Waals surface area contributed by atoms with E-state index in [0.29, 0.717) is 0 Å². The Kier molecular flexibility index (Phi) is 11.0. The first kappa shape index (κ1) is 36.3. The largest absolute Gasteiger partial charge is 0.456 e. The normalized spacial score (nSPS) is 11.0. The van der Waals surface area contributed by atoms with E-state index in [1.54, 1.807) is 6.20 Å². The molecule has 0 saturated heterocycles. The van der Waals surface area contributed by atoms with Crippen LogP contribution in [0.25, 0.3) is 67.1 Å². The molecule has 0 atom stereocenters. The minimum Gasteiger partial charge on any atom is -0.456 e. The van der Waals surface area contributed by atoms with Gasteiger partial charge in [-0.15, -0.1) is 71.3 Å². The molecule has 4 nitrogen and oxygen atoms in total. The maximum absolute atomic E-state index is 6.42. The summed E-state index contributed by atoms with van der Waals surface area (Å²) in [5.74, 6) is 0.841. The Morgan fingerprint density at radius 1 is 0.558 bits per heavy atom. The van der Waals surface area contributed by atoms with Gasteiger partial charge in [-0.05, 0) is 95.4 Å². The molecule has 0 N–H and O–H groups in total. The first-order chi connectivity index (χ1) is 24.7. The number of hydrogen-bond acceptors (Lipinski definition) is 4. The van der Waals surface area contributed by atoms with Crippen molar-refractivity contribution in [1.82, 2.24) is 15.0 Å². The molecule has 5 heteroatoms. The Bertz CT molecular complexity index is 2390. The Labute approximate surface area is 320 Å². The van der Waals surface area contributed by atoms with Gasteiger partial charge in [-0.1, -0.05) is 68.8 Å². The van der Waals surface area contributed by atoms with E-state index in [4.69, 9.17) is 4.42 Å². The summed E-state index contributed by atoms with van der Waals surface area (Å²) >= 11 is 0. The molecule has 0 aliphatic heterocycles. The van der Waals surface area contributed by atoms with Gasteiger partial charge in [0.25, 0.3) is 0 Å². The summed E-state index contributed by atoms with van der Waals surface area (Å²) in [6.07, 6.45) is 5.47. The van der Waals surface area contributed by atoms with Gasteiger partial charge < -0.3 is 14.4 Å². The molecule has 4 aromatic carbocycles. The fourth-order valence-electron chi connectivity index (χ4n) is 6.10. The Morgan fingerprint density at radius 3 is 2.08 bits per heavy atom. The van der Waals surface area contributed by atoms with Crippen LogP contribution in [0, 0.1) is 26.0 Å². The molecule has 8 aromatic rings. The zero-order valence-electron chi connectivity index (χ0n) is 29.9. The molecule has 1 radical (unpaired) electrons. The summed E-state index contributed by atoms with van der Waals surface area (Å²) in [4.78, 5) is 13.2. The molecule has 0 aliphatic carbocycles. The van der Waals surface area contributed by atoms with Gasteiger partial charge in [0.05, 0.1) is 0 Å². The van der Waals surface area contributed by atoms with Crippen molar-refractivity contribution < 1.29 is 24.5 Å². The number of furan rings is 1. The van der Waals surface area contributed by atoms with Gasteiger partial charge in [0.15, 0.2) is 0 Å². The predicted molar refractivity (Wildman–Crippen MR) is 209 cm³/mol. The molecule has 259 valence electrons. The van der Waals surface area contributed by atoms with Crippen LogP contribution in [0.2, 0.25) is 0 Å². The van der Waals surface area contributed by atoms with E-state index in [2.05, 4.69) is 122 Å². The smallest absolute Gasteiger partial charge is 0.135 e. The average molecular weight is 854 g/mol. The summed E-state index contributed by atoms with van der Waals surface area (Å²) in [6.45, 7) is 10.8. The van der Waals surface area contributed by atoms with Crippen molar-refractivity contribution in [2.75, 3.05) is 0 Å². The summed E-state index contributed by atoms with van der Waals surface area (Å²) in [5.41, 5.74) is 13.9. The van der Waals surface area contributed by atoms with Crippen LogP contribution < -0.4 is 0 Å². The van der Waals surface area contributed by atoms with Gasteiger partial charge in [-0.25, -0.2) is 0 Å². The minimum absolute atomic E-state index is 0. The average Bonchev–Trinajstić information content (AvgIpc) is 3.59. The third-order valence-electron chi connectivity index (χ3n) is 8.83. The molecule has 0 fully saturated rings. The number of aryl methyl sites for hydroxylation is 2. The molecular formula is C47H39IrN3O-2. The van der Waals surface area contributed by atoms with E-state index < -0.39 is 0 Å². The van der Waals surface area contributed by atoms with Gasteiger partial charge in [0, 0.05) is 55.3 Å². The quantitative estimate of drug-likeness (QED) is 0.162. The minimum atomic E-state index is 0. The molecule has 4 heterocycles. The van der Waals surface area contributed by atoms with Crippen LogP contribution in [-0.2, 0) is 25.5 Å². The van der Waals surface area contributed by atoms with E-state index in [1.165, 1.54) is 16.7 Å². The standard InChI is InChI=1S/C36H31N2O.C11H8N.Ir/c1-23-12-14-38-33(16-23)27-10-6-8-25(18-27)31-20-29-21-34(28-13-15-37-24(2)17-28)39-35(29)22-32(31)26-9-7-11-30(19-26)36(3,4)5;1-2-6-10(7-3-1)11-8-4-5-9-12-11;/h6-9,11-22H,1-5H3;1-6,8-9H;/q2*-1;. The number of aromatic nitrogens is 3. The first-order valence-corrected chi connectivity index (χ1v) is 17.2. The molecule has 0 saturated carbocycles. The maximum Gasteiger partial charge on any atom is 0.135 e. The molecule has 0 unspecified atom stereocenters. The van der Waals surface area contributed by atoms with Crippen molar-refractivity contribution in [1.29, 1.82) is 0 Å². The number of rotatable bonds is 5. The zero-order chi connectivity index (χ0) is 35.4. The van der Waals surface area contributed by atoms with Crippen molar-refractivity contribution in [3.8, 4) is 56.1 Å². The number of pyridine rings is 3. The molecular weight excluding hydrogens is 815 g/mol. The van der Waals surface area contributed by atoms with E-state index in [1.807, 2.05) is 80.0 Å². The van der Waals surface area contributed by atoms with Crippen molar-refractivity contribution in [2.45, 2.75) is 40.0 Å². The number of benzene rings is 4. The van der Waals surface area contributed by atoms with Gasteiger partial charge in [-0.3, -0.25) is 4.98 Å². The fraction of sp³-hybridized carbons (Fsp3) is 0.128. The van der Waals surface area contributed by atoms with E-state index in [-0.39, 0.29) is 25.5 Å². The van der Waals surface area contributed by atoms with E-state index in [9.17, 15) is 0 Å². The Morgan fingerprint density at radius 2 is 1.33 bits per heavy atom. The summed E-state index contributed by atoms with van der Waals surface area (Å²) in [5, 5.41) is 1.06. The Hall–Kier alpha value is -5.48. The maximum atomic E-state index is 6.42. The second kappa shape index (κ2) is 15.8. The van der Waals surface area contributed by atoms with Crippen molar-refractivity contribution >= 4 is 11.0 Å². The second-order valence-corrected chi connectivity index (χ2v) is 13.8. The number of nitrogens with zero attached hydrogens (tertiary/aromatic N) is 3.